The molecule has 0 N–H and O–H groups in total. The molecule has 4 nitrogen and oxygen atoms in total. The number of morpholine rings is 1. The van der Waals surface area contributed by atoms with Crippen LogP contribution in [0.4, 0.5) is 0 Å². The summed E-state index contributed by atoms with van der Waals surface area (Å²) in [4.78, 5) is 15.5. The van der Waals surface area contributed by atoms with E-state index < -0.39 is 5.60 Å². The Morgan fingerprint density at radius 3 is 2.41 bits per heavy atom. The zero-order valence-corrected chi connectivity index (χ0v) is 15.9. The quantitative estimate of drug-likeness (QED) is 0.804. The van der Waals surface area contributed by atoms with E-state index in [4.69, 9.17) is 9.47 Å². The summed E-state index contributed by atoms with van der Waals surface area (Å²) in [6.45, 7) is 1.22. The van der Waals surface area contributed by atoms with Crippen LogP contribution in [0.5, 0.6) is 5.75 Å². The maximum atomic E-state index is 13.5. The third kappa shape index (κ3) is 3.72. The molecule has 142 valence electrons. The molecule has 2 aromatic carbocycles. The third-order valence-corrected chi connectivity index (χ3v) is 5.88. The summed E-state index contributed by atoms with van der Waals surface area (Å²) in [6, 6.07) is 18.4. The Labute approximate surface area is 161 Å². The number of nitrogens with zero attached hydrogens (tertiary/aromatic N) is 1. The molecule has 2 aliphatic rings. The molecule has 4 heteroatoms. The number of benzene rings is 2. The predicted octanol–water partition coefficient (Wildman–Crippen LogP) is 3.98. The van der Waals surface area contributed by atoms with Gasteiger partial charge in [0.05, 0.1) is 19.8 Å². The highest BCUT2D eigenvalue weighted by Crippen LogP contribution is 2.39. The minimum atomic E-state index is -0.584. The minimum absolute atomic E-state index is 0.0632. The Kier molecular flexibility index (Phi) is 5.17. The maximum Gasteiger partial charge on any atom is 0.255 e. The summed E-state index contributed by atoms with van der Waals surface area (Å²) in [5, 5.41) is 0. The van der Waals surface area contributed by atoms with E-state index in [0.717, 1.165) is 43.4 Å². The Balaban J connectivity index is 1.58. The monoisotopic (exact) mass is 365 g/mol. The van der Waals surface area contributed by atoms with Crippen molar-refractivity contribution in [2.45, 2.75) is 50.3 Å². The lowest BCUT2D eigenvalue weighted by molar-refractivity contribution is -0.180. The largest absolute Gasteiger partial charge is 0.497 e. The van der Waals surface area contributed by atoms with Crippen LogP contribution in [-0.2, 0) is 22.5 Å². The van der Waals surface area contributed by atoms with Crippen molar-refractivity contribution < 1.29 is 14.3 Å². The van der Waals surface area contributed by atoms with Gasteiger partial charge >= 0.3 is 0 Å². The molecule has 27 heavy (non-hydrogen) atoms. The van der Waals surface area contributed by atoms with E-state index in [-0.39, 0.29) is 11.9 Å². The lowest BCUT2D eigenvalue weighted by atomic mass is 9.93. The van der Waals surface area contributed by atoms with Gasteiger partial charge in [-0.1, -0.05) is 42.5 Å². The highest BCUT2D eigenvalue weighted by atomic mass is 16.5. The SMILES string of the molecule is COc1ccc(CN2C(=O)C3(CCCC3)OCC2Cc2ccccc2)cc1. The summed E-state index contributed by atoms with van der Waals surface area (Å²) >= 11 is 0. The normalized spacial score (nSPS) is 21.6. The van der Waals surface area contributed by atoms with Crippen molar-refractivity contribution in [1.29, 1.82) is 0 Å². The van der Waals surface area contributed by atoms with Gasteiger partial charge in [0.2, 0.25) is 0 Å². The van der Waals surface area contributed by atoms with Gasteiger partial charge in [-0.2, -0.15) is 0 Å². The van der Waals surface area contributed by atoms with Gasteiger partial charge in [0.1, 0.15) is 11.4 Å². The molecule has 1 saturated carbocycles. The number of carbonyl (C=O) groups excluding carboxylic acids is 1. The minimum Gasteiger partial charge on any atom is -0.497 e. The van der Waals surface area contributed by atoms with E-state index in [1.807, 2.05) is 42.5 Å². The van der Waals surface area contributed by atoms with Gasteiger partial charge in [-0.3, -0.25) is 4.79 Å². The smallest absolute Gasteiger partial charge is 0.255 e. The van der Waals surface area contributed by atoms with Crippen molar-refractivity contribution in [2.24, 2.45) is 0 Å². The molecular formula is C23H27NO3. The van der Waals surface area contributed by atoms with Crippen LogP contribution in [0.25, 0.3) is 0 Å². The lowest BCUT2D eigenvalue weighted by Gasteiger charge is -2.44. The number of amides is 1. The highest BCUT2D eigenvalue weighted by Gasteiger charge is 2.49. The first kappa shape index (κ1) is 18.1. The van der Waals surface area contributed by atoms with Crippen molar-refractivity contribution >= 4 is 5.91 Å². The topological polar surface area (TPSA) is 38.8 Å². The van der Waals surface area contributed by atoms with Gasteiger partial charge in [0.15, 0.2) is 0 Å². The molecule has 1 aliphatic carbocycles. The molecule has 0 bridgehead atoms. The molecule has 1 spiro atoms. The summed E-state index contributed by atoms with van der Waals surface area (Å²) in [5.74, 6) is 1.00. The highest BCUT2D eigenvalue weighted by molar-refractivity contribution is 5.86. The molecule has 0 radical (unpaired) electrons. The molecule has 1 unspecified atom stereocenters. The van der Waals surface area contributed by atoms with Crippen LogP contribution in [0.1, 0.15) is 36.8 Å². The number of ether oxygens (including phenoxy) is 2. The van der Waals surface area contributed by atoms with Gasteiger partial charge in [0, 0.05) is 6.54 Å². The average Bonchev–Trinajstić information content (AvgIpc) is 3.19. The molecular weight excluding hydrogens is 338 g/mol. The summed E-state index contributed by atoms with van der Waals surface area (Å²) in [7, 11) is 1.67. The number of rotatable bonds is 5. The maximum absolute atomic E-state index is 13.5. The predicted molar refractivity (Wildman–Crippen MR) is 105 cm³/mol. The lowest BCUT2D eigenvalue weighted by Crippen LogP contribution is -2.60. The first-order valence-electron chi connectivity index (χ1n) is 9.82. The molecule has 1 atom stereocenters. The Hall–Kier alpha value is -2.33. The molecule has 1 aliphatic heterocycles. The Bertz CT molecular complexity index is 766. The Morgan fingerprint density at radius 2 is 1.74 bits per heavy atom. The van der Waals surface area contributed by atoms with Gasteiger partial charge in [-0.25, -0.2) is 0 Å². The molecule has 4 rings (SSSR count). The Morgan fingerprint density at radius 1 is 1.04 bits per heavy atom. The summed E-state index contributed by atoms with van der Waals surface area (Å²) in [5.41, 5.74) is 1.78. The molecule has 0 aromatic heterocycles. The first-order valence-corrected chi connectivity index (χ1v) is 9.82. The van der Waals surface area contributed by atoms with Crippen LogP contribution in [0, 0.1) is 0 Å². The van der Waals surface area contributed by atoms with Crippen LogP contribution < -0.4 is 4.74 Å². The van der Waals surface area contributed by atoms with Gasteiger partial charge < -0.3 is 14.4 Å². The van der Waals surface area contributed by atoms with Crippen LogP contribution >= 0.6 is 0 Å². The van der Waals surface area contributed by atoms with Crippen molar-refractivity contribution in [3.05, 3.63) is 65.7 Å². The zero-order valence-electron chi connectivity index (χ0n) is 15.9. The fourth-order valence-corrected chi connectivity index (χ4v) is 4.32. The van der Waals surface area contributed by atoms with Gasteiger partial charge in [-0.05, 0) is 55.4 Å². The van der Waals surface area contributed by atoms with Crippen molar-refractivity contribution in [1.82, 2.24) is 4.90 Å². The molecule has 1 heterocycles. The van der Waals surface area contributed by atoms with Crippen LogP contribution in [0.2, 0.25) is 0 Å². The first-order chi connectivity index (χ1) is 13.2. The van der Waals surface area contributed by atoms with Crippen LogP contribution in [0.3, 0.4) is 0 Å². The number of carbonyl (C=O) groups is 1. The summed E-state index contributed by atoms with van der Waals surface area (Å²) < 4.78 is 11.5. The molecule has 1 amide bonds. The van der Waals surface area contributed by atoms with Gasteiger partial charge in [-0.15, -0.1) is 0 Å². The number of hydrogen-bond donors (Lipinski definition) is 0. The fourth-order valence-electron chi connectivity index (χ4n) is 4.32. The summed E-state index contributed by atoms with van der Waals surface area (Å²) in [6.07, 6.45) is 4.67. The van der Waals surface area contributed by atoms with E-state index >= 15 is 0 Å². The van der Waals surface area contributed by atoms with Crippen LogP contribution in [-0.4, -0.2) is 36.2 Å². The van der Waals surface area contributed by atoms with Crippen molar-refractivity contribution in [3.63, 3.8) is 0 Å². The molecule has 1 saturated heterocycles. The average molecular weight is 365 g/mol. The second kappa shape index (κ2) is 7.73. The second-order valence-electron chi connectivity index (χ2n) is 7.64. The standard InChI is InChI=1S/C23H27NO3/c1-26-21-11-9-19(10-12-21)16-24-20(15-18-7-3-2-4-8-18)17-27-23(22(24)25)13-5-6-14-23/h2-4,7-12,20H,5-6,13-17H2,1H3. The molecule has 2 fully saturated rings. The third-order valence-electron chi connectivity index (χ3n) is 5.88. The zero-order chi connectivity index (χ0) is 18.7. The van der Waals surface area contributed by atoms with E-state index in [1.54, 1.807) is 7.11 Å². The van der Waals surface area contributed by atoms with Gasteiger partial charge in [0.25, 0.3) is 5.91 Å². The van der Waals surface area contributed by atoms with Crippen molar-refractivity contribution in [2.75, 3.05) is 13.7 Å². The number of methoxy groups -OCH3 is 1. The van der Waals surface area contributed by atoms with Crippen LogP contribution in [0.15, 0.2) is 54.6 Å². The molecule has 2 aromatic rings. The van der Waals surface area contributed by atoms with E-state index in [0.29, 0.717) is 13.2 Å². The number of hydrogen-bond acceptors (Lipinski definition) is 3. The van der Waals surface area contributed by atoms with E-state index in [1.165, 1.54) is 5.56 Å². The fraction of sp³-hybridized carbons (Fsp3) is 0.435. The van der Waals surface area contributed by atoms with Crippen molar-refractivity contribution in [3.8, 4) is 5.75 Å². The van der Waals surface area contributed by atoms with E-state index in [9.17, 15) is 4.79 Å². The second-order valence-corrected chi connectivity index (χ2v) is 7.64. The van der Waals surface area contributed by atoms with E-state index in [2.05, 4.69) is 17.0 Å².